The first-order valence-corrected chi connectivity index (χ1v) is 7.07. The van der Waals surface area contributed by atoms with Gasteiger partial charge in [0.1, 0.15) is 0 Å². The van der Waals surface area contributed by atoms with Crippen LogP contribution < -0.4 is 5.32 Å². The molecular weight excluding hydrogens is 262 g/mol. The van der Waals surface area contributed by atoms with Crippen molar-refractivity contribution in [3.05, 3.63) is 29.3 Å². The second kappa shape index (κ2) is 6.49. The molecule has 0 radical (unpaired) electrons. The fraction of sp³-hybridized carbons (Fsp3) is 0.385. The zero-order valence-corrected chi connectivity index (χ0v) is 11.5. The van der Waals surface area contributed by atoms with E-state index in [-0.39, 0.29) is 18.4 Å². The van der Waals surface area contributed by atoms with Gasteiger partial charge in [0.25, 0.3) is 5.91 Å². The van der Waals surface area contributed by atoms with Gasteiger partial charge in [0, 0.05) is 13.2 Å². The number of thiophene rings is 1. The lowest BCUT2D eigenvalue weighted by Crippen LogP contribution is -2.28. The zero-order valence-electron chi connectivity index (χ0n) is 10.7. The first-order valence-electron chi connectivity index (χ1n) is 6.19. The van der Waals surface area contributed by atoms with Crippen LogP contribution in [0.2, 0.25) is 0 Å². The van der Waals surface area contributed by atoms with Gasteiger partial charge in [-0.25, -0.2) is 0 Å². The number of nitrogens with zero attached hydrogens (tertiary/aromatic N) is 1. The summed E-state index contributed by atoms with van der Waals surface area (Å²) in [7, 11) is 0. The predicted octanol–water partition coefficient (Wildman–Crippen LogP) is 1.89. The van der Waals surface area contributed by atoms with Gasteiger partial charge in [0.05, 0.1) is 10.6 Å². The van der Waals surface area contributed by atoms with Crippen LogP contribution in [0.5, 0.6) is 0 Å². The summed E-state index contributed by atoms with van der Waals surface area (Å²) in [6.45, 7) is 2.67. The van der Waals surface area contributed by atoms with Gasteiger partial charge in [-0.15, -0.1) is 11.3 Å². The minimum atomic E-state index is -0.191. The van der Waals surface area contributed by atoms with Crippen LogP contribution in [0.3, 0.4) is 0 Å². The molecule has 0 saturated heterocycles. The van der Waals surface area contributed by atoms with Crippen molar-refractivity contribution in [1.82, 2.24) is 15.5 Å². The van der Waals surface area contributed by atoms with E-state index in [1.54, 1.807) is 17.4 Å². The molecule has 0 aliphatic carbocycles. The maximum absolute atomic E-state index is 11.9. The summed E-state index contributed by atoms with van der Waals surface area (Å²) in [5, 5.41) is 20.5. The fourth-order valence-electron chi connectivity index (χ4n) is 1.68. The molecule has 0 bridgehead atoms. The smallest absolute Gasteiger partial charge is 0.271 e. The molecule has 2 heterocycles. The highest BCUT2D eigenvalue weighted by molar-refractivity contribution is 7.13. The lowest BCUT2D eigenvalue weighted by molar-refractivity contribution is 0.0940. The number of rotatable bonds is 6. The number of aliphatic hydroxyl groups is 1. The Hall–Kier alpha value is -1.66. The molecule has 6 heteroatoms. The highest BCUT2D eigenvalue weighted by atomic mass is 32.1. The van der Waals surface area contributed by atoms with E-state index >= 15 is 0 Å². The van der Waals surface area contributed by atoms with Crippen molar-refractivity contribution in [1.29, 1.82) is 0 Å². The Morgan fingerprint density at radius 3 is 3.16 bits per heavy atom. The quantitative estimate of drug-likeness (QED) is 0.755. The Bertz CT molecular complexity index is 522. The first-order chi connectivity index (χ1) is 9.20. The Kier molecular flexibility index (Phi) is 4.70. The number of hydrogen-bond acceptors (Lipinski definition) is 4. The van der Waals surface area contributed by atoms with Gasteiger partial charge in [0.2, 0.25) is 0 Å². The highest BCUT2D eigenvalue weighted by Crippen LogP contribution is 2.22. The summed E-state index contributed by atoms with van der Waals surface area (Å²) in [6, 6.07) is 5.68. The van der Waals surface area contributed by atoms with E-state index < -0.39 is 0 Å². The van der Waals surface area contributed by atoms with E-state index in [4.69, 9.17) is 5.11 Å². The lowest BCUT2D eigenvalue weighted by atomic mass is 10.1. The normalized spacial score (nSPS) is 12.3. The standard InChI is InChI=1S/C13H17N3O2S/c1-9(4-5-17)8-14-13(18)11-7-10(15-16-11)12-3-2-6-19-12/h2-3,6-7,9,17H,4-5,8H2,1H3,(H,14,18)(H,15,16). The van der Waals surface area contributed by atoms with Crippen molar-refractivity contribution in [2.45, 2.75) is 13.3 Å². The first kappa shape index (κ1) is 13.8. The Morgan fingerprint density at radius 1 is 1.63 bits per heavy atom. The summed E-state index contributed by atoms with van der Waals surface area (Å²) in [4.78, 5) is 12.9. The van der Waals surface area contributed by atoms with Crippen molar-refractivity contribution in [3.63, 3.8) is 0 Å². The molecular formula is C13H17N3O2S. The van der Waals surface area contributed by atoms with Crippen LogP contribution >= 0.6 is 11.3 Å². The SMILES string of the molecule is CC(CCO)CNC(=O)c1cc(-c2cccs2)[nH]n1. The van der Waals surface area contributed by atoms with Crippen molar-refractivity contribution >= 4 is 17.2 Å². The molecule has 1 atom stereocenters. The number of carbonyl (C=O) groups is 1. The highest BCUT2D eigenvalue weighted by Gasteiger charge is 2.12. The van der Waals surface area contributed by atoms with Crippen molar-refractivity contribution < 1.29 is 9.90 Å². The fourth-order valence-corrected chi connectivity index (χ4v) is 2.37. The number of nitrogens with one attached hydrogen (secondary N) is 2. The molecule has 2 aromatic heterocycles. The molecule has 0 aromatic carbocycles. The summed E-state index contributed by atoms with van der Waals surface area (Å²) in [5.74, 6) is 0.0634. The van der Waals surface area contributed by atoms with Crippen LogP contribution in [0.1, 0.15) is 23.8 Å². The summed E-state index contributed by atoms with van der Waals surface area (Å²) in [5.41, 5.74) is 1.24. The summed E-state index contributed by atoms with van der Waals surface area (Å²) in [6.07, 6.45) is 0.682. The number of carbonyl (C=O) groups excluding carboxylic acids is 1. The number of H-pyrrole nitrogens is 1. The van der Waals surface area contributed by atoms with E-state index in [9.17, 15) is 4.79 Å². The summed E-state index contributed by atoms with van der Waals surface area (Å²) >= 11 is 1.60. The molecule has 102 valence electrons. The third-order valence-electron chi connectivity index (χ3n) is 2.83. The molecule has 0 aliphatic rings. The van der Waals surface area contributed by atoms with Gasteiger partial charge in [-0.05, 0) is 29.9 Å². The molecule has 0 saturated carbocycles. The maximum Gasteiger partial charge on any atom is 0.271 e. The molecule has 5 nitrogen and oxygen atoms in total. The number of aromatic nitrogens is 2. The largest absolute Gasteiger partial charge is 0.396 e. The molecule has 0 fully saturated rings. The van der Waals surface area contributed by atoms with Crippen molar-refractivity contribution in [3.8, 4) is 10.6 Å². The number of amides is 1. The van der Waals surface area contributed by atoms with Gasteiger partial charge in [-0.3, -0.25) is 9.89 Å². The van der Waals surface area contributed by atoms with E-state index in [0.29, 0.717) is 18.7 Å². The molecule has 0 spiro atoms. The van der Waals surface area contributed by atoms with Gasteiger partial charge in [-0.1, -0.05) is 13.0 Å². The monoisotopic (exact) mass is 279 g/mol. The third-order valence-corrected chi connectivity index (χ3v) is 3.73. The lowest BCUT2D eigenvalue weighted by Gasteiger charge is -2.09. The third kappa shape index (κ3) is 3.65. The van der Waals surface area contributed by atoms with Crippen LogP contribution in [-0.4, -0.2) is 34.4 Å². The number of hydrogen-bond donors (Lipinski definition) is 3. The van der Waals surface area contributed by atoms with Crippen molar-refractivity contribution in [2.24, 2.45) is 5.92 Å². The number of aromatic amines is 1. The van der Waals surface area contributed by atoms with Crippen LogP contribution in [-0.2, 0) is 0 Å². The van der Waals surface area contributed by atoms with E-state index in [2.05, 4.69) is 15.5 Å². The average molecular weight is 279 g/mol. The molecule has 2 rings (SSSR count). The minimum Gasteiger partial charge on any atom is -0.396 e. The molecule has 1 amide bonds. The zero-order chi connectivity index (χ0) is 13.7. The average Bonchev–Trinajstić information content (AvgIpc) is 3.06. The second-order valence-electron chi connectivity index (χ2n) is 4.47. The van der Waals surface area contributed by atoms with Crippen LogP contribution in [0.25, 0.3) is 10.6 Å². The van der Waals surface area contributed by atoms with Crippen LogP contribution in [0, 0.1) is 5.92 Å². The Labute approximate surface area is 115 Å². The Balaban J connectivity index is 1.93. The van der Waals surface area contributed by atoms with E-state index in [0.717, 1.165) is 10.6 Å². The maximum atomic E-state index is 11.9. The van der Waals surface area contributed by atoms with E-state index in [1.165, 1.54) is 0 Å². The van der Waals surface area contributed by atoms with Gasteiger partial charge < -0.3 is 10.4 Å². The minimum absolute atomic E-state index is 0.141. The van der Waals surface area contributed by atoms with E-state index in [1.807, 2.05) is 24.4 Å². The van der Waals surface area contributed by atoms with Crippen molar-refractivity contribution in [2.75, 3.05) is 13.2 Å². The molecule has 0 aliphatic heterocycles. The Morgan fingerprint density at radius 2 is 2.47 bits per heavy atom. The topological polar surface area (TPSA) is 78.0 Å². The molecule has 19 heavy (non-hydrogen) atoms. The van der Waals surface area contributed by atoms with Gasteiger partial charge in [-0.2, -0.15) is 5.10 Å². The molecule has 1 unspecified atom stereocenters. The predicted molar refractivity (Wildman–Crippen MR) is 75.1 cm³/mol. The van der Waals surface area contributed by atoms with Gasteiger partial charge in [0.15, 0.2) is 5.69 Å². The van der Waals surface area contributed by atoms with Crippen LogP contribution in [0.15, 0.2) is 23.6 Å². The summed E-state index contributed by atoms with van der Waals surface area (Å²) < 4.78 is 0. The molecule has 2 aromatic rings. The van der Waals surface area contributed by atoms with Gasteiger partial charge >= 0.3 is 0 Å². The molecule has 3 N–H and O–H groups in total. The van der Waals surface area contributed by atoms with Crippen LogP contribution in [0.4, 0.5) is 0 Å². The second-order valence-corrected chi connectivity index (χ2v) is 5.42. The number of aliphatic hydroxyl groups excluding tert-OH is 1.